The summed E-state index contributed by atoms with van der Waals surface area (Å²) in [4.78, 5) is 25.7. The Morgan fingerprint density at radius 3 is 2.72 bits per heavy atom. The Balaban J connectivity index is 1.48. The predicted molar refractivity (Wildman–Crippen MR) is 90.0 cm³/mol. The number of carbonyl (C=O) groups is 2. The van der Waals surface area contributed by atoms with Crippen LogP contribution in [0.3, 0.4) is 0 Å². The summed E-state index contributed by atoms with van der Waals surface area (Å²) in [6, 6.07) is 5.21. The normalized spacial score (nSPS) is 27.2. The SMILES string of the molecule is O=C1CCC(N2Cc3cc(OC4CCNCC4)ccc3C2=O)C(O)N1. The maximum atomic E-state index is 12.7. The van der Waals surface area contributed by atoms with E-state index < -0.39 is 6.23 Å². The molecule has 3 heterocycles. The van der Waals surface area contributed by atoms with Gasteiger partial charge in [0.2, 0.25) is 5.91 Å². The van der Waals surface area contributed by atoms with E-state index in [2.05, 4.69) is 10.6 Å². The lowest BCUT2D eigenvalue weighted by atomic mass is 10.0. The number of aliphatic hydroxyl groups is 1. The van der Waals surface area contributed by atoms with Crippen molar-refractivity contribution >= 4 is 11.8 Å². The van der Waals surface area contributed by atoms with Gasteiger partial charge in [0, 0.05) is 18.5 Å². The summed E-state index contributed by atoms with van der Waals surface area (Å²) in [5.74, 6) is 0.520. The van der Waals surface area contributed by atoms with Gasteiger partial charge in [0.15, 0.2) is 0 Å². The highest BCUT2D eigenvalue weighted by atomic mass is 16.5. The van der Waals surface area contributed by atoms with Crippen molar-refractivity contribution in [3.63, 3.8) is 0 Å². The molecule has 1 aromatic carbocycles. The van der Waals surface area contributed by atoms with Crippen molar-refractivity contribution in [2.24, 2.45) is 0 Å². The number of hydrogen-bond acceptors (Lipinski definition) is 5. The largest absolute Gasteiger partial charge is 0.490 e. The lowest BCUT2D eigenvalue weighted by molar-refractivity contribution is -0.129. The van der Waals surface area contributed by atoms with Crippen molar-refractivity contribution in [2.75, 3.05) is 13.1 Å². The summed E-state index contributed by atoms with van der Waals surface area (Å²) < 4.78 is 6.06. The smallest absolute Gasteiger partial charge is 0.254 e. The summed E-state index contributed by atoms with van der Waals surface area (Å²) >= 11 is 0. The maximum Gasteiger partial charge on any atom is 0.254 e. The molecule has 0 aromatic heterocycles. The van der Waals surface area contributed by atoms with Gasteiger partial charge in [-0.2, -0.15) is 0 Å². The molecule has 25 heavy (non-hydrogen) atoms. The van der Waals surface area contributed by atoms with E-state index in [-0.39, 0.29) is 24.0 Å². The number of ether oxygens (including phenoxy) is 1. The molecule has 0 spiro atoms. The molecule has 7 nitrogen and oxygen atoms in total. The van der Waals surface area contributed by atoms with E-state index in [9.17, 15) is 14.7 Å². The third-order valence-corrected chi connectivity index (χ3v) is 5.24. The average molecular weight is 345 g/mol. The van der Waals surface area contributed by atoms with Crippen molar-refractivity contribution in [1.82, 2.24) is 15.5 Å². The van der Waals surface area contributed by atoms with Crippen LogP contribution in [0.2, 0.25) is 0 Å². The first-order chi connectivity index (χ1) is 12.1. The molecule has 3 aliphatic heterocycles. The van der Waals surface area contributed by atoms with E-state index in [0.717, 1.165) is 37.2 Å². The minimum atomic E-state index is -1.01. The Morgan fingerprint density at radius 2 is 1.96 bits per heavy atom. The Bertz CT molecular complexity index is 687. The van der Waals surface area contributed by atoms with Crippen LogP contribution < -0.4 is 15.4 Å². The number of aliphatic hydroxyl groups excluding tert-OH is 1. The second kappa shape index (κ2) is 6.65. The Hall–Kier alpha value is -2.12. The van der Waals surface area contributed by atoms with Gasteiger partial charge in [0.1, 0.15) is 18.1 Å². The fraction of sp³-hybridized carbons (Fsp3) is 0.556. The highest BCUT2D eigenvalue weighted by Crippen LogP contribution is 2.31. The lowest BCUT2D eigenvalue weighted by Crippen LogP contribution is -2.55. The number of amides is 2. The zero-order valence-electron chi connectivity index (χ0n) is 14.0. The second-order valence-electron chi connectivity index (χ2n) is 6.94. The number of carbonyl (C=O) groups excluding carboxylic acids is 2. The minimum absolute atomic E-state index is 0.0939. The molecule has 0 radical (unpaired) electrons. The van der Waals surface area contributed by atoms with E-state index in [0.29, 0.717) is 24.9 Å². The zero-order valence-corrected chi connectivity index (χ0v) is 14.0. The summed E-state index contributed by atoms with van der Waals surface area (Å²) in [7, 11) is 0. The van der Waals surface area contributed by atoms with Crippen molar-refractivity contribution in [2.45, 2.75) is 50.6 Å². The first-order valence-corrected chi connectivity index (χ1v) is 8.90. The molecule has 2 unspecified atom stereocenters. The second-order valence-corrected chi connectivity index (χ2v) is 6.94. The van der Waals surface area contributed by atoms with Gasteiger partial charge in [0.05, 0.1) is 6.04 Å². The van der Waals surface area contributed by atoms with Crippen LogP contribution in [-0.4, -0.2) is 53.3 Å². The van der Waals surface area contributed by atoms with Crippen LogP contribution in [0.4, 0.5) is 0 Å². The fourth-order valence-corrected chi connectivity index (χ4v) is 3.86. The highest BCUT2D eigenvalue weighted by Gasteiger charge is 2.39. The van der Waals surface area contributed by atoms with Gasteiger partial charge < -0.3 is 25.4 Å². The molecule has 2 saturated heterocycles. The molecule has 2 atom stereocenters. The number of piperidine rings is 2. The first-order valence-electron chi connectivity index (χ1n) is 8.90. The summed E-state index contributed by atoms with van der Waals surface area (Å²) in [6.07, 6.45) is 1.97. The number of benzene rings is 1. The summed E-state index contributed by atoms with van der Waals surface area (Å²) in [5.41, 5.74) is 1.57. The van der Waals surface area contributed by atoms with Crippen LogP contribution >= 0.6 is 0 Å². The van der Waals surface area contributed by atoms with Gasteiger partial charge in [-0.3, -0.25) is 9.59 Å². The van der Waals surface area contributed by atoms with E-state index in [1.165, 1.54) is 0 Å². The van der Waals surface area contributed by atoms with Crippen LogP contribution in [0, 0.1) is 0 Å². The van der Waals surface area contributed by atoms with E-state index in [1.54, 1.807) is 4.90 Å². The molecule has 2 fully saturated rings. The molecule has 3 N–H and O–H groups in total. The van der Waals surface area contributed by atoms with Gasteiger partial charge in [-0.25, -0.2) is 0 Å². The third-order valence-electron chi connectivity index (χ3n) is 5.24. The number of fused-ring (bicyclic) bond motifs is 1. The minimum Gasteiger partial charge on any atom is -0.490 e. The Labute approximate surface area is 146 Å². The molecular weight excluding hydrogens is 322 g/mol. The number of nitrogens with one attached hydrogen (secondary N) is 2. The van der Waals surface area contributed by atoms with Gasteiger partial charge in [0.25, 0.3) is 5.91 Å². The molecule has 4 rings (SSSR count). The molecule has 0 saturated carbocycles. The fourth-order valence-electron chi connectivity index (χ4n) is 3.86. The number of nitrogens with zero attached hydrogens (tertiary/aromatic N) is 1. The highest BCUT2D eigenvalue weighted by molar-refractivity contribution is 5.99. The summed E-state index contributed by atoms with van der Waals surface area (Å²) in [6.45, 7) is 2.37. The van der Waals surface area contributed by atoms with E-state index in [4.69, 9.17) is 4.74 Å². The number of rotatable bonds is 3. The van der Waals surface area contributed by atoms with E-state index in [1.807, 2.05) is 18.2 Å². The third kappa shape index (κ3) is 3.21. The molecule has 134 valence electrons. The lowest BCUT2D eigenvalue weighted by Gasteiger charge is -2.35. The van der Waals surface area contributed by atoms with Crippen molar-refractivity contribution < 1.29 is 19.4 Å². The topological polar surface area (TPSA) is 90.9 Å². The molecule has 0 aliphatic carbocycles. The zero-order chi connectivity index (χ0) is 17.4. The van der Waals surface area contributed by atoms with Gasteiger partial charge >= 0.3 is 0 Å². The quantitative estimate of drug-likeness (QED) is 0.736. The van der Waals surface area contributed by atoms with Crippen LogP contribution in [0.25, 0.3) is 0 Å². The molecule has 0 bridgehead atoms. The molecule has 2 amide bonds. The van der Waals surface area contributed by atoms with Crippen molar-refractivity contribution in [1.29, 1.82) is 0 Å². The molecular formula is C18H23N3O4. The Morgan fingerprint density at radius 1 is 1.16 bits per heavy atom. The summed E-state index contributed by atoms with van der Waals surface area (Å²) in [5, 5.41) is 15.9. The van der Waals surface area contributed by atoms with Crippen molar-refractivity contribution in [3.05, 3.63) is 29.3 Å². The number of hydrogen-bond donors (Lipinski definition) is 3. The maximum absolute atomic E-state index is 12.7. The monoisotopic (exact) mass is 345 g/mol. The van der Waals surface area contributed by atoms with Gasteiger partial charge in [-0.05, 0) is 56.1 Å². The first kappa shape index (κ1) is 16.4. The molecule has 3 aliphatic rings. The van der Waals surface area contributed by atoms with Crippen LogP contribution in [0.1, 0.15) is 41.6 Å². The van der Waals surface area contributed by atoms with Crippen LogP contribution in [0.15, 0.2) is 18.2 Å². The average Bonchev–Trinajstić information content (AvgIpc) is 2.92. The van der Waals surface area contributed by atoms with Crippen molar-refractivity contribution in [3.8, 4) is 5.75 Å². The molecule has 1 aromatic rings. The van der Waals surface area contributed by atoms with E-state index >= 15 is 0 Å². The standard InChI is InChI=1S/C18H23N3O4/c22-16-4-3-15(17(23)20-16)21-10-11-9-13(1-2-14(11)18(21)24)25-12-5-7-19-8-6-12/h1-2,9,12,15,17,19,23H,3-8,10H2,(H,20,22). The van der Waals surface area contributed by atoms with Crippen LogP contribution in [0.5, 0.6) is 5.75 Å². The predicted octanol–water partition coefficient (Wildman–Crippen LogP) is 0.370. The van der Waals surface area contributed by atoms with Gasteiger partial charge in [-0.1, -0.05) is 0 Å². The Kier molecular flexibility index (Phi) is 4.35. The molecule has 7 heteroatoms. The van der Waals surface area contributed by atoms with Gasteiger partial charge in [-0.15, -0.1) is 0 Å². The van der Waals surface area contributed by atoms with Crippen LogP contribution in [-0.2, 0) is 11.3 Å².